The number of nitrogens with zero attached hydrogens (tertiary/aromatic N) is 3. The molecular weight excluding hydrogens is 387 g/mol. The van der Waals surface area contributed by atoms with Crippen LogP contribution in [0.3, 0.4) is 0 Å². The number of ether oxygens (including phenoxy) is 1. The number of benzene rings is 1. The van der Waals surface area contributed by atoms with E-state index in [1.165, 1.54) is 24.5 Å². The van der Waals surface area contributed by atoms with E-state index in [9.17, 15) is 21.6 Å². The molecule has 12 heteroatoms. The van der Waals surface area contributed by atoms with Crippen LogP contribution in [0.4, 0.5) is 19.1 Å². The summed E-state index contributed by atoms with van der Waals surface area (Å²) in [6.45, 7) is -0.109. The molecule has 0 radical (unpaired) electrons. The zero-order valence-electron chi connectivity index (χ0n) is 13.9. The summed E-state index contributed by atoms with van der Waals surface area (Å²) in [6.07, 6.45) is -1.29. The largest absolute Gasteiger partial charge is 0.573 e. The minimum atomic E-state index is -4.81. The van der Waals surface area contributed by atoms with E-state index in [2.05, 4.69) is 24.7 Å². The predicted octanol–water partition coefficient (Wildman–Crippen LogP) is 1.95. The number of hydrogen-bond donors (Lipinski definition) is 2. The first-order chi connectivity index (χ1) is 12.6. The van der Waals surface area contributed by atoms with E-state index in [0.29, 0.717) is 5.56 Å². The highest BCUT2D eigenvalue weighted by Gasteiger charge is 2.31. The molecule has 0 aliphatic heterocycles. The average molecular weight is 401 g/mol. The SMILES string of the molecule is CS(=O)(=O)NCC(Nc1ncc(C#N)cn1)c1ccc(OC(F)(F)F)cc1. The molecule has 2 N–H and O–H groups in total. The molecule has 2 rings (SSSR count). The standard InChI is InChI=1S/C15H14F3N5O3S/c1-27(24,25)22-9-13(23-14-20-7-10(6-19)8-21-14)11-2-4-12(5-3-11)26-15(16,17)18/h2-5,7-8,13,22H,9H2,1H3,(H,20,21,23). The van der Waals surface area contributed by atoms with Gasteiger partial charge in [0.25, 0.3) is 0 Å². The normalized spacial score (nSPS) is 12.9. The summed E-state index contributed by atoms with van der Waals surface area (Å²) in [5.74, 6) is -0.291. The van der Waals surface area contributed by atoms with E-state index in [1.54, 1.807) is 0 Å². The smallest absolute Gasteiger partial charge is 0.406 e. The summed E-state index contributed by atoms with van der Waals surface area (Å²) < 4.78 is 65.6. The maximum atomic E-state index is 12.3. The summed E-state index contributed by atoms with van der Waals surface area (Å²) in [6, 6.07) is 6.10. The van der Waals surface area contributed by atoms with Crippen molar-refractivity contribution in [3.05, 3.63) is 47.8 Å². The summed E-state index contributed by atoms with van der Waals surface area (Å²) in [7, 11) is -3.51. The van der Waals surface area contributed by atoms with Gasteiger partial charge in [-0.2, -0.15) is 5.26 Å². The highest BCUT2D eigenvalue weighted by molar-refractivity contribution is 7.88. The molecule has 0 saturated carbocycles. The second-order valence-corrected chi connectivity index (χ2v) is 7.17. The molecule has 1 aromatic carbocycles. The monoisotopic (exact) mass is 401 g/mol. The third-order valence-corrected chi connectivity index (χ3v) is 3.84. The lowest BCUT2D eigenvalue weighted by atomic mass is 10.1. The fraction of sp³-hybridized carbons (Fsp3) is 0.267. The van der Waals surface area contributed by atoms with Gasteiger partial charge < -0.3 is 10.1 Å². The molecular formula is C15H14F3N5O3S. The van der Waals surface area contributed by atoms with Crippen LogP contribution in [0.1, 0.15) is 17.2 Å². The number of nitriles is 1. The van der Waals surface area contributed by atoms with Crippen LogP contribution >= 0.6 is 0 Å². The van der Waals surface area contributed by atoms with Crippen molar-refractivity contribution in [1.29, 1.82) is 5.26 Å². The molecule has 1 heterocycles. The number of nitrogens with one attached hydrogen (secondary N) is 2. The van der Waals surface area contributed by atoms with Crippen molar-refractivity contribution < 1.29 is 26.3 Å². The zero-order valence-corrected chi connectivity index (χ0v) is 14.7. The molecule has 1 aromatic heterocycles. The first kappa shape index (κ1) is 20.4. The molecule has 1 unspecified atom stereocenters. The quantitative estimate of drug-likeness (QED) is 0.728. The third kappa shape index (κ3) is 7.08. The second kappa shape index (κ2) is 8.19. The molecule has 0 aliphatic rings. The molecule has 0 bridgehead atoms. The predicted molar refractivity (Wildman–Crippen MR) is 89.1 cm³/mol. The van der Waals surface area contributed by atoms with Crippen LogP contribution in [-0.2, 0) is 10.0 Å². The average Bonchev–Trinajstić information content (AvgIpc) is 2.58. The minimum absolute atomic E-state index is 0.109. The Morgan fingerprint density at radius 2 is 1.81 bits per heavy atom. The molecule has 8 nitrogen and oxygen atoms in total. The van der Waals surface area contributed by atoms with E-state index in [-0.39, 0.29) is 18.1 Å². The lowest BCUT2D eigenvalue weighted by Gasteiger charge is -2.20. The van der Waals surface area contributed by atoms with Gasteiger partial charge in [0.1, 0.15) is 11.8 Å². The first-order valence-electron chi connectivity index (χ1n) is 7.35. The summed E-state index contributed by atoms with van der Waals surface area (Å²) in [5, 5.41) is 11.6. The van der Waals surface area contributed by atoms with Crippen LogP contribution in [0, 0.1) is 11.3 Å². The van der Waals surface area contributed by atoms with Gasteiger partial charge in [-0.25, -0.2) is 23.1 Å². The Morgan fingerprint density at radius 3 is 2.30 bits per heavy atom. The first-order valence-corrected chi connectivity index (χ1v) is 9.24. The van der Waals surface area contributed by atoms with Gasteiger partial charge in [-0.15, -0.1) is 13.2 Å². The highest BCUT2D eigenvalue weighted by atomic mass is 32.2. The minimum Gasteiger partial charge on any atom is -0.406 e. The fourth-order valence-electron chi connectivity index (χ4n) is 2.00. The van der Waals surface area contributed by atoms with Crippen LogP contribution in [0.15, 0.2) is 36.7 Å². The Kier molecular flexibility index (Phi) is 6.19. The third-order valence-electron chi connectivity index (χ3n) is 3.15. The number of aromatic nitrogens is 2. The van der Waals surface area contributed by atoms with Gasteiger partial charge in [0, 0.05) is 6.54 Å². The zero-order chi connectivity index (χ0) is 20.1. The van der Waals surface area contributed by atoms with Gasteiger partial charge in [-0.3, -0.25) is 0 Å². The van der Waals surface area contributed by atoms with E-state index >= 15 is 0 Å². The molecule has 0 spiro atoms. The van der Waals surface area contributed by atoms with Crippen molar-refractivity contribution in [1.82, 2.24) is 14.7 Å². The summed E-state index contributed by atoms with van der Waals surface area (Å²) >= 11 is 0. The maximum absolute atomic E-state index is 12.3. The lowest BCUT2D eigenvalue weighted by Crippen LogP contribution is -2.31. The molecule has 2 aromatic rings. The van der Waals surface area contributed by atoms with Crippen molar-refractivity contribution >= 4 is 16.0 Å². The molecule has 0 fully saturated rings. The van der Waals surface area contributed by atoms with Crippen molar-refractivity contribution in [2.75, 3.05) is 18.1 Å². The van der Waals surface area contributed by atoms with E-state index in [0.717, 1.165) is 18.4 Å². The van der Waals surface area contributed by atoms with Gasteiger partial charge in [0.15, 0.2) is 0 Å². The number of alkyl halides is 3. The van der Waals surface area contributed by atoms with Gasteiger partial charge in [-0.1, -0.05) is 12.1 Å². The Bertz CT molecular complexity index is 910. The number of anilines is 1. The summed E-state index contributed by atoms with van der Waals surface area (Å²) in [5.41, 5.74) is 0.702. The van der Waals surface area contributed by atoms with Crippen LogP contribution in [0.2, 0.25) is 0 Å². The van der Waals surface area contributed by atoms with Crippen LogP contribution < -0.4 is 14.8 Å². The van der Waals surface area contributed by atoms with Crippen LogP contribution in [0.5, 0.6) is 5.75 Å². The van der Waals surface area contributed by atoms with E-state index in [1.807, 2.05) is 6.07 Å². The molecule has 0 saturated heterocycles. The van der Waals surface area contributed by atoms with Crippen molar-refractivity contribution in [2.24, 2.45) is 0 Å². The van der Waals surface area contributed by atoms with Gasteiger partial charge in [0.2, 0.25) is 16.0 Å². The molecule has 144 valence electrons. The number of halogens is 3. The van der Waals surface area contributed by atoms with Crippen molar-refractivity contribution in [3.8, 4) is 11.8 Å². The Morgan fingerprint density at radius 1 is 1.22 bits per heavy atom. The second-order valence-electron chi connectivity index (χ2n) is 5.34. The number of rotatable bonds is 7. The highest BCUT2D eigenvalue weighted by Crippen LogP contribution is 2.25. The number of sulfonamides is 1. The fourth-order valence-corrected chi connectivity index (χ4v) is 2.47. The Hall–Kier alpha value is -2.91. The summed E-state index contributed by atoms with van der Waals surface area (Å²) in [4.78, 5) is 7.86. The Balaban J connectivity index is 2.21. The van der Waals surface area contributed by atoms with E-state index < -0.39 is 28.2 Å². The topological polar surface area (TPSA) is 117 Å². The van der Waals surface area contributed by atoms with Crippen molar-refractivity contribution in [2.45, 2.75) is 12.4 Å². The number of hydrogen-bond acceptors (Lipinski definition) is 7. The lowest BCUT2D eigenvalue weighted by molar-refractivity contribution is -0.274. The van der Waals surface area contributed by atoms with Gasteiger partial charge >= 0.3 is 6.36 Å². The molecule has 0 aliphatic carbocycles. The maximum Gasteiger partial charge on any atom is 0.573 e. The molecule has 1 atom stereocenters. The van der Waals surface area contributed by atoms with E-state index in [4.69, 9.17) is 5.26 Å². The Labute approximate surface area is 153 Å². The van der Waals surface area contributed by atoms with Crippen molar-refractivity contribution in [3.63, 3.8) is 0 Å². The van der Waals surface area contributed by atoms with Gasteiger partial charge in [0.05, 0.1) is 30.3 Å². The van der Waals surface area contributed by atoms with Gasteiger partial charge in [-0.05, 0) is 17.7 Å². The van der Waals surface area contributed by atoms with Crippen LogP contribution in [0.25, 0.3) is 0 Å². The van der Waals surface area contributed by atoms with Crippen LogP contribution in [-0.4, -0.2) is 37.5 Å². The molecule has 0 amide bonds. The molecule has 27 heavy (non-hydrogen) atoms.